The van der Waals surface area contributed by atoms with Crippen molar-refractivity contribution in [1.82, 2.24) is 15.1 Å². The first-order valence-corrected chi connectivity index (χ1v) is 10.8. The van der Waals surface area contributed by atoms with Crippen LogP contribution < -0.4 is 10.6 Å². The lowest BCUT2D eigenvalue weighted by molar-refractivity contribution is -0.192. The van der Waals surface area contributed by atoms with Crippen molar-refractivity contribution in [3.8, 4) is 11.1 Å². The second-order valence-corrected chi connectivity index (χ2v) is 7.65. The molecule has 0 aliphatic carbocycles. The summed E-state index contributed by atoms with van der Waals surface area (Å²) >= 11 is 0. The normalized spacial score (nSPS) is 10.6. The fraction of sp³-hybridized carbons (Fsp3) is 0.250. The molecule has 0 aliphatic rings. The number of alkyl halides is 3. The van der Waals surface area contributed by atoms with Gasteiger partial charge in [-0.25, -0.2) is 9.59 Å². The first kappa shape index (κ1) is 27.9. The van der Waals surface area contributed by atoms with E-state index in [1.807, 2.05) is 61.7 Å². The topological polar surface area (TPSA) is 127 Å². The molecule has 4 N–H and O–H groups in total. The largest absolute Gasteiger partial charge is 0.490 e. The zero-order valence-corrected chi connectivity index (χ0v) is 19.6. The van der Waals surface area contributed by atoms with E-state index in [4.69, 9.17) is 9.90 Å². The van der Waals surface area contributed by atoms with Crippen molar-refractivity contribution >= 4 is 29.3 Å². The Morgan fingerprint density at radius 2 is 1.69 bits per heavy atom. The molecule has 0 bridgehead atoms. The number of nitrogens with one attached hydrogen (secondary N) is 3. The number of aromatic nitrogens is 2. The first-order valence-electron chi connectivity index (χ1n) is 10.8. The number of urea groups is 1. The molecular formula is C24H26F3N5O4. The van der Waals surface area contributed by atoms with Crippen LogP contribution in [0.5, 0.6) is 0 Å². The highest BCUT2D eigenvalue weighted by atomic mass is 19.4. The third-order valence-corrected chi connectivity index (χ3v) is 4.66. The number of hydrogen-bond acceptors (Lipinski definition) is 4. The number of carbonyl (C=O) groups is 3. The van der Waals surface area contributed by atoms with Crippen molar-refractivity contribution < 1.29 is 32.7 Å². The summed E-state index contributed by atoms with van der Waals surface area (Å²) < 4.78 is 31.7. The number of benzene rings is 2. The summed E-state index contributed by atoms with van der Waals surface area (Å²) in [6.07, 6.45) is -0.219. The summed E-state index contributed by atoms with van der Waals surface area (Å²) in [6, 6.07) is 14.9. The summed E-state index contributed by atoms with van der Waals surface area (Å²) in [5, 5.41) is 19.6. The van der Waals surface area contributed by atoms with E-state index in [2.05, 4.69) is 20.8 Å². The van der Waals surface area contributed by atoms with Crippen LogP contribution in [0, 0.1) is 0 Å². The van der Waals surface area contributed by atoms with Crippen LogP contribution >= 0.6 is 0 Å². The van der Waals surface area contributed by atoms with E-state index >= 15 is 0 Å². The summed E-state index contributed by atoms with van der Waals surface area (Å²) in [7, 11) is 1.73. The molecule has 0 saturated heterocycles. The number of anilines is 2. The molecule has 192 valence electrons. The molecule has 0 aliphatic heterocycles. The maximum atomic E-state index is 12.5. The number of carbonyl (C=O) groups excluding carboxylic acids is 2. The lowest BCUT2D eigenvalue weighted by Gasteiger charge is -2.19. The zero-order valence-electron chi connectivity index (χ0n) is 19.6. The average molecular weight is 505 g/mol. The van der Waals surface area contributed by atoms with Crippen molar-refractivity contribution in [3.63, 3.8) is 0 Å². The third kappa shape index (κ3) is 9.12. The molecule has 9 nitrogen and oxygen atoms in total. The van der Waals surface area contributed by atoms with Crippen molar-refractivity contribution in [2.45, 2.75) is 32.5 Å². The van der Waals surface area contributed by atoms with Gasteiger partial charge in [0.15, 0.2) is 0 Å². The molecular weight excluding hydrogens is 479 g/mol. The molecule has 0 unspecified atom stereocenters. The Bertz CT molecular complexity index is 1150. The van der Waals surface area contributed by atoms with Crippen molar-refractivity contribution in [3.05, 3.63) is 66.5 Å². The standard InChI is InChI=1S/C22H25N5O2.C2HF3O2/c1-3-5-21(28)25-20-7-4-6-16(12-20)15-27(2)22(29)26-19-10-8-17(9-11-19)18-13-23-24-14-18;3-2(4,5)1(6)7/h4,6-14H,3,5,15H2,1-2H3,(H,23,24)(H,25,28)(H,26,29);(H,6,7). The highest BCUT2D eigenvalue weighted by Crippen LogP contribution is 2.20. The molecule has 1 heterocycles. The third-order valence-electron chi connectivity index (χ3n) is 4.66. The predicted molar refractivity (Wildman–Crippen MR) is 128 cm³/mol. The fourth-order valence-corrected chi connectivity index (χ4v) is 2.92. The molecule has 1 aromatic heterocycles. The molecule has 2 aromatic carbocycles. The smallest absolute Gasteiger partial charge is 0.475 e. The van der Waals surface area contributed by atoms with E-state index in [9.17, 15) is 22.8 Å². The van der Waals surface area contributed by atoms with Gasteiger partial charge in [-0.3, -0.25) is 9.89 Å². The lowest BCUT2D eigenvalue weighted by Crippen LogP contribution is -2.30. The highest BCUT2D eigenvalue weighted by molar-refractivity contribution is 5.91. The van der Waals surface area contributed by atoms with Gasteiger partial charge in [-0.15, -0.1) is 0 Å². The van der Waals surface area contributed by atoms with Crippen LogP contribution in [0.2, 0.25) is 0 Å². The van der Waals surface area contributed by atoms with Gasteiger partial charge in [0.25, 0.3) is 0 Å². The number of hydrogen-bond donors (Lipinski definition) is 4. The minimum Gasteiger partial charge on any atom is -0.475 e. The van der Waals surface area contributed by atoms with Crippen molar-refractivity contribution in [2.24, 2.45) is 0 Å². The quantitative estimate of drug-likeness (QED) is 0.355. The van der Waals surface area contributed by atoms with Crippen LogP contribution in [0.1, 0.15) is 25.3 Å². The van der Waals surface area contributed by atoms with E-state index < -0.39 is 12.1 Å². The maximum Gasteiger partial charge on any atom is 0.490 e. The average Bonchev–Trinajstić information content (AvgIpc) is 3.35. The number of rotatable bonds is 7. The van der Waals surface area contributed by atoms with Crippen LogP contribution in [-0.2, 0) is 16.1 Å². The van der Waals surface area contributed by atoms with Crippen molar-refractivity contribution in [1.29, 1.82) is 0 Å². The number of nitrogens with zero attached hydrogens (tertiary/aromatic N) is 2. The number of halogens is 3. The Morgan fingerprint density at radius 3 is 2.25 bits per heavy atom. The van der Waals surface area contributed by atoms with Gasteiger partial charge in [0.1, 0.15) is 0 Å². The maximum absolute atomic E-state index is 12.5. The van der Waals surface area contributed by atoms with Gasteiger partial charge in [0.2, 0.25) is 5.91 Å². The Hall–Kier alpha value is -4.35. The lowest BCUT2D eigenvalue weighted by atomic mass is 10.1. The second-order valence-electron chi connectivity index (χ2n) is 7.65. The van der Waals surface area contributed by atoms with Crippen molar-refractivity contribution in [2.75, 3.05) is 17.7 Å². The minimum atomic E-state index is -5.08. The summed E-state index contributed by atoms with van der Waals surface area (Å²) in [5.74, 6) is -2.76. The van der Waals surface area contributed by atoms with Gasteiger partial charge in [-0.05, 0) is 41.8 Å². The Kier molecular flexibility index (Phi) is 10.0. The van der Waals surface area contributed by atoms with E-state index in [0.29, 0.717) is 13.0 Å². The molecule has 0 saturated carbocycles. The Morgan fingerprint density at radius 1 is 1.03 bits per heavy atom. The number of amides is 3. The van der Waals surface area contributed by atoms with Gasteiger partial charge in [-0.1, -0.05) is 31.2 Å². The molecule has 36 heavy (non-hydrogen) atoms. The number of carboxylic acids is 1. The van der Waals surface area contributed by atoms with Gasteiger partial charge in [0, 0.05) is 43.1 Å². The number of carboxylic acid groups (broad SMARTS) is 1. The summed E-state index contributed by atoms with van der Waals surface area (Å²) in [4.78, 5) is 34.8. The molecule has 0 fully saturated rings. The number of H-pyrrole nitrogens is 1. The van der Waals surface area contributed by atoms with Gasteiger partial charge in [-0.2, -0.15) is 18.3 Å². The van der Waals surface area contributed by atoms with Gasteiger partial charge >= 0.3 is 18.2 Å². The van der Waals surface area contributed by atoms with Crippen LogP contribution in [0.15, 0.2) is 60.9 Å². The molecule has 3 rings (SSSR count). The molecule has 3 amide bonds. The Balaban J connectivity index is 0.000000572. The molecule has 0 atom stereocenters. The molecule has 0 radical (unpaired) electrons. The Labute approximate surface area is 205 Å². The van der Waals surface area contributed by atoms with E-state index in [1.54, 1.807) is 18.1 Å². The zero-order chi connectivity index (χ0) is 26.7. The van der Waals surface area contributed by atoms with Crippen LogP contribution in [0.3, 0.4) is 0 Å². The predicted octanol–water partition coefficient (Wildman–Crippen LogP) is 5.11. The van der Waals surface area contributed by atoms with Crippen LogP contribution in [-0.4, -0.2) is 51.3 Å². The minimum absolute atomic E-state index is 0.00499. The first-order chi connectivity index (χ1) is 17.0. The second kappa shape index (κ2) is 12.9. The van der Waals surface area contributed by atoms with E-state index in [1.165, 1.54) is 0 Å². The monoisotopic (exact) mass is 505 g/mol. The fourth-order valence-electron chi connectivity index (χ4n) is 2.92. The van der Waals surface area contributed by atoms with Crippen LogP contribution in [0.4, 0.5) is 29.3 Å². The summed E-state index contributed by atoms with van der Waals surface area (Å²) in [5.41, 5.74) is 4.41. The van der Waals surface area contributed by atoms with E-state index in [-0.39, 0.29) is 11.9 Å². The highest BCUT2D eigenvalue weighted by Gasteiger charge is 2.38. The SMILES string of the molecule is CCCC(=O)Nc1cccc(CN(C)C(=O)Nc2ccc(-c3cn[nH]c3)cc2)c1.O=C(O)C(F)(F)F. The summed E-state index contributed by atoms with van der Waals surface area (Å²) in [6.45, 7) is 2.39. The van der Waals surface area contributed by atoms with Gasteiger partial charge in [0.05, 0.1) is 6.20 Å². The molecule has 12 heteroatoms. The number of aliphatic carboxylic acids is 1. The molecule has 0 spiro atoms. The number of aromatic amines is 1. The van der Waals surface area contributed by atoms with E-state index in [0.717, 1.165) is 34.5 Å². The van der Waals surface area contributed by atoms with Crippen LogP contribution in [0.25, 0.3) is 11.1 Å². The molecule has 3 aromatic rings. The van der Waals surface area contributed by atoms with Gasteiger partial charge < -0.3 is 20.6 Å².